The summed E-state index contributed by atoms with van der Waals surface area (Å²) in [5.74, 6) is 0.00909. The van der Waals surface area contributed by atoms with Crippen LogP contribution in [0.4, 0.5) is 5.13 Å². The largest absolute Gasteiger partial charge is 0.375 e. The first-order valence-electron chi connectivity index (χ1n) is 7.17. The van der Waals surface area contributed by atoms with Crippen LogP contribution < -0.4 is 11.1 Å². The van der Waals surface area contributed by atoms with Gasteiger partial charge in [0.2, 0.25) is 0 Å². The van der Waals surface area contributed by atoms with Gasteiger partial charge < -0.3 is 11.1 Å². The molecule has 1 aromatic carbocycles. The molecule has 0 spiro atoms. The van der Waals surface area contributed by atoms with Crippen LogP contribution in [-0.2, 0) is 0 Å². The maximum absolute atomic E-state index is 12.5. The summed E-state index contributed by atoms with van der Waals surface area (Å²) in [5, 5.41) is 4.27. The van der Waals surface area contributed by atoms with Crippen molar-refractivity contribution in [1.82, 2.24) is 10.3 Å². The minimum atomic E-state index is 0.00909. The number of amides is 1. The average molecular weight is 321 g/mol. The Kier molecular flexibility index (Phi) is 4.35. The second-order valence-corrected chi connectivity index (χ2v) is 7.51. The first-order chi connectivity index (χ1) is 10.2. The molecule has 1 amide bonds. The lowest BCUT2D eigenvalue weighted by molar-refractivity contribution is 0.0929. The zero-order chi connectivity index (χ0) is 14.8. The van der Waals surface area contributed by atoms with Crippen molar-refractivity contribution >= 4 is 44.4 Å². The standard InChI is InChI=1S/C15H19N3OS2/c1-20-12-5-3-2-4-10(12)17-14(19)9-6-7-11-13(8-9)21-15(16)18-11/h6-8,10,12H,2-5H2,1H3,(H2,16,18)(H,17,19). The molecule has 0 radical (unpaired) electrons. The number of benzene rings is 1. The Balaban J connectivity index is 1.76. The highest BCUT2D eigenvalue weighted by molar-refractivity contribution is 7.99. The number of aromatic nitrogens is 1. The molecule has 0 aliphatic heterocycles. The second kappa shape index (κ2) is 6.23. The Morgan fingerprint density at radius 3 is 3.05 bits per heavy atom. The number of nitrogens with two attached hydrogens (primary N) is 1. The van der Waals surface area contributed by atoms with Crippen molar-refractivity contribution in [3.05, 3.63) is 23.8 Å². The summed E-state index contributed by atoms with van der Waals surface area (Å²) in [5.41, 5.74) is 7.25. The molecule has 21 heavy (non-hydrogen) atoms. The third-order valence-electron chi connectivity index (χ3n) is 3.99. The fourth-order valence-corrected chi connectivity index (χ4v) is 4.59. The smallest absolute Gasteiger partial charge is 0.251 e. The number of fused-ring (bicyclic) bond motifs is 1. The van der Waals surface area contributed by atoms with Crippen LogP contribution >= 0.6 is 23.1 Å². The van der Waals surface area contributed by atoms with Crippen LogP contribution in [0, 0.1) is 0 Å². The Morgan fingerprint density at radius 1 is 1.43 bits per heavy atom. The van der Waals surface area contributed by atoms with E-state index in [-0.39, 0.29) is 11.9 Å². The molecule has 1 aliphatic carbocycles. The summed E-state index contributed by atoms with van der Waals surface area (Å²) in [4.78, 5) is 16.7. The molecule has 1 saturated carbocycles. The van der Waals surface area contributed by atoms with Crippen LogP contribution in [0.2, 0.25) is 0 Å². The van der Waals surface area contributed by atoms with E-state index in [0.717, 1.165) is 16.6 Å². The van der Waals surface area contributed by atoms with Gasteiger partial charge in [-0.2, -0.15) is 11.8 Å². The first-order valence-corrected chi connectivity index (χ1v) is 9.27. The van der Waals surface area contributed by atoms with Gasteiger partial charge in [-0.05, 0) is 37.3 Å². The molecular weight excluding hydrogens is 302 g/mol. The lowest BCUT2D eigenvalue weighted by Crippen LogP contribution is -2.43. The lowest BCUT2D eigenvalue weighted by atomic mass is 9.94. The summed E-state index contributed by atoms with van der Waals surface area (Å²) in [6.07, 6.45) is 6.86. The van der Waals surface area contributed by atoms with Crippen LogP contribution in [0.1, 0.15) is 36.0 Å². The number of nitrogens with one attached hydrogen (secondary N) is 1. The van der Waals surface area contributed by atoms with E-state index in [0.29, 0.717) is 15.9 Å². The number of nitrogen functional groups attached to an aromatic ring is 1. The van der Waals surface area contributed by atoms with Crippen molar-refractivity contribution in [2.24, 2.45) is 0 Å². The normalized spacial score (nSPS) is 22.3. The topological polar surface area (TPSA) is 68.0 Å². The number of anilines is 1. The highest BCUT2D eigenvalue weighted by Gasteiger charge is 2.26. The summed E-state index contributed by atoms with van der Waals surface area (Å²) < 4.78 is 0.963. The number of thioether (sulfide) groups is 1. The van der Waals surface area contributed by atoms with Gasteiger partial charge in [-0.15, -0.1) is 0 Å². The SMILES string of the molecule is CSC1CCCCC1NC(=O)c1ccc2nc(N)sc2c1. The van der Waals surface area contributed by atoms with Gasteiger partial charge in [-0.1, -0.05) is 24.2 Å². The van der Waals surface area contributed by atoms with Crippen molar-refractivity contribution in [3.8, 4) is 0 Å². The third kappa shape index (κ3) is 3.16. The van der Waals surface area contributed by atoms with Gasteiger partial charge in [0, 0.05) is 16.9 Å². The van der Waals surface area contributed by atoms with Crippen LogP contribution in [0.15, 0.2) is 18.2 Å². The zero-order valence-corrected chi connectivity index (χ0v) is 13.6. The van der Waals surface area contributed by atoms with Gasteiger partial charge in [0.15, 0.2) is 5.13 Å². The zero-order valence-electron chi connectivity index (χ0n) is 12.0. The molecule has 6 heteroatoms. The monoisotopic (exact) mass is 321 g/mol. The average Bonchev–Trinajstić information content (AvgIpc) is 2.86. The molecule has 0 bridgehead atoms. The molecule has 112 valence electrons. The van der Waals surface area contributed by atoms with Crippen molar-refractivity contribution in [2.75, 3.05) is 12.0 Å². The second-order valence-electron chi connectivity index (χ2n) is 5.37. The molecule has 2 aromatic rings. The van der Waals surface area contributed by atoms with E-state index in [1.54, 1.807) is 0 Å². The fourth-order valence-electron chi connectivity index (χ4n) is 2.88. The Morgan fingerprint density at radius 2 is 2.24 bits per heavy atom. The summed E-state index contributed by atoms with van der Waals surface area (Å²) in [6.45, 7) is 0. The van der Waals surface area contributed by atoms with E-state index in [2.05, 4.69) is 16.6 Å². The maximum Gasteiger partial charge on any atom is 0.251 e. The third-order valence-corrected chi connectivity index (χ3v) is 6.01. The Bertz CT molecular complexity index is 655. The molecular formula is C15H19N3OS2. The van der Waals surface area contributed by atoms with E-state index in [1.165, 1.54) is 30.6 Å². The van der Waals surface area contributed by atoms with E-state index < -0.39 is 0 Å². The van der Waals surface area contributed by atoms with Gasteiger partial charge in [0.05, 0.1) is 10.2 Å². The number of rotatable bonds is 3. The van der Waals surface area contributed by atoms with Crippen molar-refractivity contribution < 1.29 is 4.79 Å². The fraction of sp³-hybridized carbons (Fsp3) is 0.467. The molecule has 3 rings (SSSR count). The molecule has 1 aromatic heterocycles. The highest BCUT2D eigenvalue weighted by atomic mass is 32.2. The van der Waals surface area contributed by atoms with Crippen LogP contribution in [0.25, 0.3) is 10.2 Å². The van der Waals surface area contributed by atoms with Gasteiger partial charge >= 0.3 is 0 Å². The summed E-state index contributed by atoms with van der Waals surface area (Å²) in [7, 11) is 0. The van der Waals surface area contributed by atoms with Crippen LogP contribution in [0.3, 0.4) is 0 Å². The van der Waals surface area contributed by atoms with Crippen LogP contribution in [0.5, 0.6) is 0 Å². The minimum absolute atomic E-state index is 0.00909. The van der Waals surface area contributed by atoms with Crippen LogP contribution in [-0.4, -0.2) is 28.4 Å². The number of nitrogens with zero attached hydrogens (tertiary/aromatic N) is 1. The molecule has 2 unspecified atom stereocenters. The predicted octanol–water partition coefficient (Wildman–Crippen LogP) is 3.28. The van der Waals surface area contributed by atoms with Gasteiger partial charge in [-0.25, -0.2) is 4.98 Å². The molecule has 1 fully saturated rings. The number of carbonyl (C=O) groups is 1. The van der Waals surface area contributed by atoms with E-state index in [9.17, 15) is 4.79 Å². The van der Waals surface area contributed by atoms with Crippen molar-refractivity contribution in [2.45, 2.75) is 37.0 Å². The molecule has 2 atom stereocenters. The lowest BCUT2D eigenvalue weighted by Gasteiger charge is -2.30. The highest BCUT2D eigenvalue weighted by Crippen LogP contribution is 2.28. The first kappa shape index (κ1) is 14.7. The number of carbonyl (C=O) groups excluding carboxylic acids is 1. The predicted molar refractivity (Wildman–Crippen MR) is 91.1 cm³/mol. The Labute approximate surface area is 132 Å². The molecule has 0 saturated heterocycles. The minimum Gasteiger partial charge on any atom is -0.375 e. The van der Waals surface area contributed by atoms with E-state index in [1.807, 2.05) is 30.0 Å². The molecule has 1 heterocycles. The number of thiazole rings is 1. The van der Waals surface area contributed by atoms with Crippen molar-refractivity contribution in [1.29, 1.82) is 0 Å². The number of hydrogen-bond acceptors (Lipinski definition) is 5. The summed E-state index contributed by atoms with van der Waals surface area (Å²) >= 11 is 3.28. The van der Waals surface area contributed by atoms with Crippen molar-refractivity contribution in [3.63, 3.8) is 0 Å². The molecule has 4 nitrogen and oxygen atoms in total. The van der Waals surface area contributed by atoms with Gasteiger partial charge in [0.1, 0.15) is 0 Å². The quantitative estimate of drug-likeness (QED) is 0.910. The molecule has 3 N–H and O–H groups in total. The van der Waals surface area contributed by atoms with Gasteiger partial charge in [0.25, 0.3) is 5.91 Å². The molecule has 1 aliphatic rings. The summed E-state index contributed by atoms with van der Waals surface area (Å²) in [6, 6.07) is 5.86. The maximum atomic E-state index is 12.5. The number of hydrogen-bond donors (Lipinski definition) is 2. The Hall–Kier alpha value is -1.27. The van der Waals surface area contributed by atoms with E-state index >= 15 is 0 Å². The van der Waals surface area contributed by atoms with Gasteiger partial charge in [-0.3, -0.25) is 4.79 Å². The van der Waals surface area contributed by atoms with E-state index in [4.69, 9.17) is 5.73 Å².